The number of Topliss-reactive ketones (excluding diaryl/α,β-unsaturated/α-hetero) is 3. The fourth-order valence-corrected chi connectivity index (χ4v) is 7.17. The predicted molar refractivity (Wildman–Crippen MR) is 161 cm³/mol. The first-order chi connectivity index (χ1) is 21.2. The van der Waals surface area contributed by atoms with Gasteiger partial charge in [0.2, 0.25) is 0 Å². The summed E-state index contributed by atoms with van der Waals surface area (Å²) in [5.74, 6) is -2.67. The summed E-state index contributed by atoms with van der Waals surface area (Å²) >= 11 is 0. The number of non-ortho nitro benzene ring substituents is 1. The number of carbonyl (C=O) groups is 4. The third-order valence-electron chi connectivity index (χ3n) is 8.83. The van der Waals surface area contributed by atoms with E-state index in [4.69, 9.17) is 4.74 Å². The molecule has 0 bridgehead atoms. The number of fused-ring (bicyclic) bond motifs is 5. The molecule has 1 saturated heterocycles. The Morgan fingerprint density at radius 3 is 2.09 bits per heavy atom. The summed E-state index contributed by atoms with van der Waals surface area (Å²) in [5.41, 5.74) is 0.372. The Hall–Kier alpha value is -5.70. The van der Waals surface area contributed by atoms with E-state index in [0.717, 1.165) is 0 Å². The molecule has 1 spiro atoms. The van der Waals surface area contributed by atoms with Gasteiger partial charge in [-0.3, -0.25) is 29.3 Å². The summed E-state index contributed by atoms with van der Waals surface area (Å²) in [4.78, 5) is 69.2. The standard InChI is InChI=1S/C35H24N2O7/c1-20(38)44-27-13-7-10-22-16-19-28-35(33(40)25-11-5-6-12-26(25)34(35)41)29(21-14-17-24(18-15-21)37(42)43)31(36(28)30(22)27)32(39)23-8-3-2-4-9-23/h2-19,28-29,31H,1H3/t28-,29-,31+/m1/s1. The molecule has 0 aromatic heterocycles. The summed E-state index contributed by atoms with van der Waals surface area (Å²) in [5, 5.41) is 11.5. The number of rotatable bonds is 5. The number of ether oxygens (including phenoxy) is 1. The van der Waals surface area contributed by atoms with Crippen LogP contribution in [-0.4, -0.2) is 40.3 Å². The zero-order chi connectivity index (χ0) is 30.7. The van der Waals surface area contributed by atoms with Gasteiger partial charge in [-0.25, -0.2) is 0 Å². The van der Waals surface area contributed by atoms with Crippen LogP contribution in [0.2, 0.25) is 0 Å². The lowest BCUT2D eigenvalue weighted by Gasteiger charge is -2.37. The SMILES string of the molecule is CC(=O)Oc1cccc2c1N1[C@H](C(=O)c3ccccc3)[C@@H](c3ccc([N+](=O)[O-])cc3)C3(C(=O)c4ccccc4C3=O)[C@H]1C=C2. The molecule has 0 unspecified atom stereocenters. The van der Waals surface area contributed by atoms with Crippen LogP contribution in [0.4, 0.5) is 11.4 Å². The highest BCUT2D eigenvalue weighted by Gasteiger charge is 2.71. The number of benzene rings is 4. The molecule has 4 aromatic carbocycles. The predicted octanol–water partition coefficient (Wildman–Crippen LogP) is 5.84. The highest BCUT2D eigenvalue weighted by atomic mass is 16.6. The van der Waals surface area contributed by atoms with Crippen molar-refractivity contribution in [2.45, 2.75) is 24.9 Å². The van der Waals surface area contributed by atoms with Crippen molar-refractivity contribution in [1.82, 2.24) is 0 Å². The molecule has 216 valence electrons. The Bertz CT molecular complexity index is 1900. The second-order valence-corrected chi connectivity index (χ2v) is 11.1. The van der Waals surface area contributed by atoms with Gasteiger partial charge in [0, 0.05) is 47.2 Å². The lowest BCUT2D eigenvalue weighted by Crippen LogP contribution is -2.48. The summed E-state index contributed by atoms with van der Waals surface area (Å²) in [7, 11) is 0. The van der Waals surface area contributed by atoms with Crippen LogP contribution < -0.4 is 9.64 Å². The van der Waals surface area contributed by atoms with Crippen LogP contribution in [0, 0.1) is 15.5 Å². The van der Waals surface area contributed by atoms with Crippen molar-refractivity contribution in [2.75, 3.05) is 4.90 Å². The molecule has 9 nitrogen and oxygen atoms in total. The third kappa shape index (κ3) is 3.72. The van der Waals surface area contributed by atoms with Gasteiger partial charge in [-0.2, -0.15) is 0 Å². The zero-order valence-electron chi connectivity index (χ0n) is 23.4. The molecule has 0 saturated carbocycles. The van der Waals surface area contributed by atoms with Gasteiger partial charge in [-0.15, -0.1) is 0 Å². The molecule has 2 aliphatic heterocycles. The monoisotopic (exact) mass is 584 g/mol. The summed E-state index contributed by atoms with van der Waals surface area (Å²) in [6.45, 7) is 1.27. The van der Waals surface area contributed by atoms with E-state index in [1.165, 1.54) is 31.2 Å². The molecule has 3 atom stereocenters. The molecule has 2 heterocycles. The lowest BCUT2D eigenvalue weighted by atomic mass is 9.64. The average molecular weight is 585 g/mol. The van der Waals surface area contributed by atoms with E-state index in [1.54, 1.807) is 89.8 Å². The van der Waals surface area contributed by atoms with Crippen molar-refractivity contribution in [3.63, 3.8) is 0 Å². The second kappa shape index (κ2) is 9.95. The Labute approximate surface area is 251 Å². The second-order valence-electron chi connectivity index (χ2n) is 11.1. The molecule has 3 aliphatic rings. The number of para-hydroxylation sites is 1. The zero-order valence-corrected chi connectivity index (χ0v) is 23.4. The van der Waals surface area contributed by atoms with Gasteiger partial charge >= 0.3 is 5.97 Å². The molecule has 4 aromatic rings. The maximum atomic E-state index is 14.7. The van der Waals surface area contributed by atoms with Crippen molar-refractivity contribution in [2.24, 2.45) is 5.41 Å². The van der Waals surface area contributed by atoms with E-state index in [-0.39, 0.29) is 28.3 Å². The fourth-order valence-electron chi connectivity index (χ4n) is 7.17. The number of nitro groups is 1. The van der Waals surface area contributed by atoms with Crippen molar-refractivity contribution in [3.05, 3.63) is 141 Å². The van der Waals surface area contributed by atoms with Crippen molar-refractivity contribution >= 4 is 40.8 Å². The highest BCUT2D eigenvalue weighted by molar-refractivity contribution is 6.32. The number of esters is 1. The molecular formula is C35H24N2O7. The van der Waals surface area contributed by atoms with Gasteiger partial charge in [-0.05, 0) is 11.6 Å². The molecule has 0 N–H and O–H groups in total. The molecule has 44 heavy (non-hydrogen) atoms. The van der Waals surface area contributed by atoms with Gasteiger partial charge in [-0.1, -0.05) is 91.0 Å². The Morgan fingerprint density at radius 1 is 0.841 bits per heavy atom. The fraction of sp³-hybridized carbons (Fsp3) is 0.143. The minimum atomic E-state index is -1.80. The summed E-state index contributed by atoms with van der Waals surface area (Å²) in [6.07, 6.45) is 3.54. The van der Waals surface area contributed by atoms with E-state index >= 15 is 0 Å². The molecule has 9 heteroatoms. The summed E-state index contributed by atoms with van der Waals surface area (Å²) in [6, 6.07) is 23.9. The summed E-state index contributed by atoms with van der Waals surface area (Å²) < 4.78 is 5.63. The highest BCUT2D eigenvalue weighted by Crippen LogP contribution is 2.62. The molecule has 1 aliphatic carbocycles. The van der Waals surface area contributed by atoms with Crippen LogP contribution in [0.25, 0.3) is 6.08 Å². The Kier molecular flexibility index (Phi) is 6.14. The van der Waals surface area contributed by atoms with E-state index in [1.807, 2.05) is 0 Å². The van der Waals surface area contributed by atoms with E-state index in [0.29, 0.717) is 22.4 Å². The van der Waals surface area contributed by atoms with Crippen LogP contribution in [0.5, 0.6) is 5.75 Å². The quantitative estimate of drug-likeness (QED) is 0.0716. The van der Waals surface area contributed by atoms with Gasteiger partial charge in [0.25, 0.3) is 5.69 Å². The van der Waals surface area contributed by atoms with Gasteiger partial charge in [0.1, 0.15) is 11.5 Å². The Morgan fingerprint density at radius 2 is 1.48 bits per heavy atom. The lowest BCUT2D eigenvalue weighted by molar-refractivity contribution is -0.384. The molecule has 1 fully saturated rings. The van der Waals surface area contributed by atoms with Crippen molar-refractivity contribution in [3.8, 4) is 5.75 Å². The van der Waals surface area contributed by atoms with Crippen LogP contribution in [0.3, 0.4) is 0 Å². The minimum absolute atomic E-state index is 0.167. The van der Waals surface area contributed by atoms with Crippen LogP contribution >= 0.6 is 0 Å². The minimum Gasteiger partial charge on any atom is -0.424 e. The normalized spacial score (nSPS) is 20.7. The number of anilines is 1. The largest absolute Gasteiger partial charge is 0.424 e. The third-order valence-corrected chi connectivity index (χ3v) is 8.83. The van der Waals surface area contributed by atoms with Crippen LogP contribution in [0.15, 0.2) is 103 Å². The van der Waals surface area contributed by atoms with Crippen molar-refractivity contribution < 1.29 is 28.8 Å². The number of hydrogen-bond acceptors (Lipinski definition) is 8. The molecule has 7 rings (SSSR count). The topological polar surface area (TPSA) is 124 Å². The number of carbonyl (C=O) groups excluding carboxylic acids is 4. The van der Waals surface area contributed by atoms with Crippen LogP contribution in [0.1, 0.15) is 55.0 Å². The first-order valence-electron chi connectivity index (χ1n) is 14.1. The smallest absolute Gasteiger partial charge is 0.308 e. The average Bonchev–Trinajstić information content (AvgIpc) is 3.47. The van der Waals surface area contributed by atoms with Crippen molar-refractivity contribution in [1.29, 1.82) is 0 Å². The number of nitro benzene ring substituents is 1. The maximum absolute atomic E-state index is 14.7. The number of hydrogen-bond donors (Lipinski definition) is 0. The van der Waals surface area contributed by atoms with E-state index in [9.17, 15) is 29.3 Å². The first kappa shape index (κ1) is 27.2. The van der Waals surface area contributed by atoms with Gasteiger partial charge < -0.3 is 9.64 Å². The maximum Gasteiger partial charge on any atom is 0.308 e. The molecule has 0 radical (unpaired) electrons. The van der Waals surface area contributed by atoms with Gasteiger partial charge in [0.05, 0.1) is 16.7 Å². The van der Waals surface area contributed by atoms with E-state index in [2.05, 4.69) is 0 Å². The van der Waals surface area contributed by atoms with E-state index < -0.39 is 45.9 Å². The Balaban J connectivity index is 1.56. The molecule has 0 amide bonds. The first-order valence-corrected chi connectivity index (χ1v) is 14.1. The number of nitrogens with zero attached hydrogens (tertiary/aromatic N) is 2. The molecular weight excluding hydrogens is 560 g/mol. The number of ketones is 3. The van der Waals surface area contributed by atoms with Crippen LogP contribution in [-0.2, 0) is 4.79 Å². The van der Waals surface area contributed by atoms with Gasteiger partial charge in [0.15, 0.2) is 23.1 Å².